The third-order valence-electron chi connectivity index (χ3n) is 5.27. The van der Waals surface area contributed by atoms with E-state index in [1.54, 1.807) is 0 Å². The van der Waals surface area contributed by atoms with E-state index >= 15 is 0 Å². The first-order valence-electron chi connectivity index (χ1n) is 11.9. The van der Waals surface area contributed by atoms with Gasteiger partial charge in [-0.3, -0.25) is 4.90 Å². The zero-order chi connectivity index (χ0) is 22.9. The summed E-state index contributed by atoms with van der Waals surface area (Å²) >= 11 is 0. The van der Waals surface area contributed by atoms with Gasteiger partial charge in [-0.15, -0.1) is 0 Å². The highest BCUT2D eigenvalue weighted by Crippen LogP contribution is 2.14. The first kappa shape index (κ1) is 26.7. The van der Waals surface area contributed by atoms with Crippen molar-refractivity contribution in [3.8, 4) is 0 Å². The van der Waals surface area contributed by atoms with Crippen molar-refractivity contribution in [1.29, 1.82) is 0 Å². The Hall–Kier alpha value is -1.55. The Balaban J connectivity index is 1.94. The zero-order valence-electron chi connectivity index (χ0n) is 20.0. The molecule has 0 atom stereocenters. The Morgan fingerprint density at radius 2 is 1.47 bits per heavy atom. The molecule has 0 bridgehead atoms. The van der Waals surface area contributed by atoms with E-state index in [9.17, 15) is 0 Å². The average Bonchev–Trinajstić information content (AvgIpc) is 2.97. The maximum absolute atomic E-state index is 5.79. The minimum atomic E-state index is 0.600. The van der Waals surface area contributed by atoms with Crippen LogP contribution in [0.2, 0.25) is 0 Å². The number of ether oxygens (including phenoxy) is 4. The van der Waals surface area contributed by atoms with Crippen molar-refractivity contribution in [2.24, 2.45) is 4.99 Å². The highest BCUT2D eigenvalue weighted by molar-refractivity contribution is 6.01. The van der Waals surface area contributed by atoms with Gasteiger partial charge >= 0.3 is 0 Å². The lowest BCUT2D eigenvalue weighted by molar-refractivity contribution is 0.0220. The van der Waals surface area contributed by atoms with Gasteiger partial charge in [0, 0.05) is 51.4 Å². The molecule has 2 aliphatic heterocycles. The molecule has 0 unspecified atom stereocenters. The minimum absolute atomic E-state index is 0.600. The maximum Gasteiger partial charge on any atom is 0.135 e. The number of hydrogen-bond acceptors (Lipinski definition) is 8. The van der Waals surface area contributed by atoms with Gasteiger partial charge in [-0.2, -0.15) is 0 Å². The lowest BCUT2D eigenvalue weighted by Crippen LogP contribution is -2.34. The number of rotatable bonds is 4. The molecule has 1 N–H and O–H groups in total. The number of nitrogens with one attached hydrogen (secondary N) is 1. The van der Waals surface area contributed by atoms with Crippen LogP contribution >= 0.6 is 0 Å². The van der Waals surface area contributed by atoms with Crippen molar-refractivity contribution in [3.63, 3.8) is 0 Å². The average molecular weight is 451 g/mol. The summed E-state index contributed by atoms with van der Waals surface area (Å²) in [4.78, 5) is 9.53. The van der Waals surface area contributed by atoms with Crippen LogP contribution in [0.5, 0.6) is 0 Å². The number of likely N-dealkylation sites (N-methyl/N-ethyl adjacent to an activating group) is 1. The highest BCUT2D eigenvalue weighted by Gasteiger charge is 2.15. The van der Waals surface area contributed by atoms with Crippen molar-refractivity contribution in [3.05, 3.63) is 36.1 Å². The summed E-state index contributed by atoms with van der Waals surface area (Å²) in [5.74, 6) is 0.952. The van der Waals surface area contributed by atoms with Gasteiger partial charge in [0.05, 0.1) is 58.6 Å². The fraction of sp³-hybridized carbons (Fsp3) is 0.708. The fourth-order valence-corrected chi connectivity index (χ4v) is 3.42. The molecule has 32 heavy (non-hydrogen) atoms. The standard InChI is InChI=1S/C24H42N4O4/c1-4-28(5-2)24-22(3)7-6-8-23(26-24)21-27-11-15-31-19-17-29-13-9-25-10-14-30-18-20-32-16-12-27/h6-8,25H,3-5,9-21H2,1-2H3. The first-order valence-corrected chi connectivity index (χ1v) is 11.9. The molecule has 1 saturated heterocycles. The van der Waals surface area contributed by atoms with Gasteiger partial charge in [0.2, 0.25) is 0 Å². The number of aliphatic imine (C=N–C) groups is 1. The van der Waals surface area contributed by atoms with E-state index in [0.29, 0.717) is 52.9 Å². The van der Waals surface area contributed by atoms with Crippen LogP contribution in [0.1, 0.15) is 13.8 Å². The van der Waals surface area contributed by atoms with E-state index in [4.69, 9.17) is 23.9 Å². The second-order valence-electron chi connectivity index (χ2n) is 7.63. The Morgan fingerprint density at radius 3 is 2.03 bits per heavy atom. The molecule has 0 aromatic heterocycles. The smallest absolute Gasteiger partial charge is 0.135 e. The molecule has 0 amide bonds. The van der Waals surface area contributed by atoms with Crippen LogP contribution < -0.4 is 5.32 Å². The topological polar surface area (TPSA) is 67.8 Å². The van der Waals surface area contributed by atoms with Gasteiger partial charge in [0.1, 0.15) is 5.84 Å². The normalized spacial score (nSPS) is 21.8. The third-order valence-corrected chi connectivity index (χ3v) is 5.27. The lowest BCUT2D eigenvalue weighted by atomic mass is 10.2. The van der Waals surface area contributed by atoms with E-state index in [0.717, 1.165) is 62.9 Å². The Morgan fingerprint density at radius 1 is 0.906 bits per heavy atom. The van der Waals surface area contributed by atoms with Gasteiger partial charge in [0.25, 0.3) is 0 Å². The van der Waals surface area contributed by atoms with Crippen LogP contribution in [0.3, 0.4) is 0 Å². The number of allylic oxidation sites excluding steroid dienone is 2. The molecule has 2 heterocycles. The molecule has 0 spiro atoms. The lowest BCUT2D eigenvalue weighted by Gasteiger charge is -2.25. The van der Waals surface area contributed by atoms with Crippen molar-refractivity contribution < 1.29 is 18.9 Å². The summed E-state index contributed by atoms with van der Waals surface area (Å²) in [7, 11) is 0. The molecule has 8 nitrogen and oxygen atoms in total. The number of nitrogens with zero attached hydrogens (tertiary/aromatic N) is 3. The predicted molar refractivity (Wildman–Crippen MR) is 129 cm³/mol. The Labute approximate surface area is 193 Å². The summed E-state index contributed by atoms with van der Waals surface area (Å²) in [6, 6.07) is 0. The van der Waals surface area contributed by atoms with E-state index in [2.05, 4.69) is 41.6 Å². The van der Waals surface area contributed by atoms with Crippen LogP contribution in [0.25, 0.3) is 0 Å². The third kappa shape index (κ3) is 10.8. The molecule has 2 rings (SSSR count). The van der Waals surface area contributed by atoms with Gasteiger partial charge in [-0.1, -0.05) is 18.7 Å². The van der Waals surface area contributed by atoms with Crippen molar-refractivity contribution in [1.82, 2.24) is 15.1 Å². The monoisotopic (exact) mass is 450 g/mol. The fourth-order valence-electron chi connectivity index (χ4n) is 3.42. The highest BCUT2D eigenvalue weighted by atomic mass is 16.5. The van der Waals surface area contributed by atoms with Gasteiger partial charge < -0.3 is 29.2 Å². The number of hydrogen-bond donors (Lipinski definition) is 1. The molecule has 0 aliphatic carbocycles. The van der Waals surface area contributed by atoms with Crippen LogP contribution in [-0.4, -0.2) is 114 Å². The van der Waals surface area contributed by atoms with Gasteiger partial charge in [0.15, 0.2) is 0 Å². The molecular weight excluding hydrogens is 408 g/mol. The summed E-state index contributed by atoms with van der Waals surface area (Å²) in [5.41, 5.74) is 1.96. The summed E-state index contributed by atoms with van der Waals surface area (Å²) < 4.78 is 22.8. The largest absolute Gasteiger partial charge is 0.378 e. The molecule has 1 fully saturated rings. The molecule has 0 saturated carbocycles. The van der Waals surface area contributed by atoms with E-state index in [1.807, 2.05) is 12.2 Å². The molecule has 0 aromatic rings. The van der Waals surface area contributed by atoms with Crippen LogP contribution in [0, 0.1) is 0 Å². The second-order valence-corrected chi connectivity index (χ2v) is 7.63. The van der Waals surface area contributed by atoms with Crippen molar-refractivity contribution >= 4 is 5.84 Å². The van der Waals surface area contributed by atoms with Crippen LogP contribution in [-0.2, 0) is 18.9 Å². The molecular formula is C24H42N4O4. The predicted octanol–water partition coefficient (Wildman–Crippen LogP) is 1.71. The zero-order valence-corrected chi connectivity index (χ0v) is 20.0. The van der Waals surface area contributed by atoms with Gasteiger partial charge in [-0.05, 0) is 19.9 Å². The number of amidine groups is 1. The van der Waals surface area contributed by atoms with E-state index in [-0.39, 0.29) is 0 Å². The molecule has 0 aromatic carbocycles. The Kier molecular flexibility index (Phi) is 14.2. The quantitative estimate of drug-likeness (QED) is 0.699. The molecule has 182 valence electrons. The van der Waals surface area contributed by atoms with Crippen molar-refractivity contribution in [2.45, 2.75) is 13.8 Å². The maximum atomic E-state index is 5.79. The summed E-state index contributed by atoms with van der Waals surface area (Å²) in [5, 5.41) is 3.29. The molecule has 8 heteroatoms. The molecule has 0 radical (unpaired) electrons. The summed E-state index contributed by atoms with van der Waals surface area (Å²) in [6.45, 7) is 19.3. The second kappa shape index (κ2) is 17.0. The minimum Gasteiger partial charge on any atom is -0.378 e. The van der Waals surface area contributed by atoms with Crippen LogP contribution in [0.4, 0.5) is 0 Å². The van der Waals surface area contributed by atoms with E-state index < -0.39 is 0 Å². The molecule has 2 aliphatic rings. The van der Waals surface area contributed by atoms with Crippen molar-refractivity contribution in [2.75, 3.05) is 98.7 Å². The van der Waals surface area contributed by atoms with Gasteiger partial charge in [-0.25, -0.2) is 4.99 Å². The summed E-state index contributed by atoms with van der Waals surface area (Å²) in [6.07, 6.45) is 6.14. The van der Waals surface area contributed by atoms with E-state index in [1.165, 1.54) is 0 Å². The SMILES string of the molecule is C=C1C=CC=C(CN2CCOCCOCCNCCOCCOCC2)N=C1N(CC)CC. The first-order chi connectivity index (χ1) is 15.7. The van der Waals surface area contributed by atoms with Crippen LogP contribution in [0.15, 0.2) is 41.1 Å². The Bertz CT molecular complexity index is 599.